The summed E-state index contributed by atoms with van der Waals surface area (Å²) in [6.45, 7) is 7.29. The summed E-state index contributed by atoms with van der Waals surface area (Å²) in [6, 6.07) is 9.94. The zero-order valence-electron chi connectivity index (χ0n) is 18.0. The number of hydrogen-bond acceptors (Lipinski definition) is 5. The van der Waals surface area contributed by atoms with E-state index >= 15 is 0 Å². The van der Waals surface area contributed by atoms with Gasteiger partial charge in [-0.1, -0.05) is 12.1 Å². The van der Waals surface area contributed by atoms with E-state index in [1.165, 1.54) is 12.1 Å². The van der Waals surface area contributed by atoms with Crippen LogP contribution in [0.3, 0.4) is 0 Å². The van der Waals surface area contributed by atoms with Gasteiger partial charge in [0.15, 0.2) is 5.82 Å². The van der Waals surface area contributed by atoms with Crippen LogP contribution in [0.15, 0.2) is 42.6 Å². The first-order chi connectivity index (χ1) is 14.9. The lowest BCUT2D eigenvalue weighted by atomic mass is 9.95. The predicted molar refractivity (Wildman–Crippen MR) is 117 cm³/mol. The predicted octanol–water partition coefficient (Wildman–Crippen LogP) is 3.51. The number of halogens is 1. The van der Waals surface area contributed by atoms with Gasteiger partial charge in [0.1, 0.15) is 5.82 Å². The van der Waals surface area contributed by atoms with Gasteiger partial charge >= 0.3 is 0 Å². The number of carbonyl (C=O) groups is 1. The van der Waals surface area contributed by atoms with Gasteiger partial charge in [0, 0.05) is 37.0 Å². The van der Waals surface area contributed by atoms with Crippen molar-refractivity contribution in [1.82, 2.24) is 25.1 Å². The minimum absolute atomic E-state index is 0.0359. The second kappa shape index (κ2) is 8.83. The molecule has 31 heavy (non-hydrogen) atoms. The van der Waals surface area contributed by atoms with Crippen molar-refractivity contribution in [1.29, 1.82) is 0 Å². The average molecular weight is 423 g/mol. The molecule has 3 heterocycles. The summed E-state index contributed by atoms with van der Waals surface area (Å²) in [5.74, 6) is 1.10. The molecule has 1 aliphatic rings. The number of piperidine rings is 1. The topological polar surface area (TPSA) is 75.9 Å². The van der Waals surface area contributed by atoms with E-state index in [4.69, 9.17) is 0 Å². The van der Waals surface area contributed by atoms with Gasteiger partial charge in [-0.2, -0.15) is 10.1 Å². The van der Waals surface area contributed by atoms with E-state index in [1.807, 2.05) is 37.6 Å². The normalized spacial score (nSPS) is 15.7. The number of hydrogen-bond donors (Lipinski definition) is 1. The Bertz CT molecular complexity index is 1060. The number of anilines is 1. The Balaban J connectivity index is 1.36. The van der Waals surface area contributed by atoms with E-state index in [2.05, 4.69) is 25.3 Å². The molecule has 1 N–H and O–H groups in total. The lowest BCUT2D eigenvalue weighted by Crippen LogP contribution is -2.41. The summed E-state index contributed by atoms with van der Waals surface area (Å²) in [4.78, 5) is 24.0. The quantitative estimate of drug-likeness (QED) is 0.681. The maximum Gasteiger partial charge on any atom is 0.227 e. The van der Waals surface area contributed by atoms with Gasteiger partial charge in [0.05, 0.1) is 11.7 Å². The van der Waals surface area contributed by atoms with Crippen LogP contribution in [0.1, 0.15) is 42.8 Å². The molecule has 0 spiro atoms. The highest BCUT2D eigenvalue weighted by molar-refractivity contribution is 5.79. The molecular formula is C23H27FN6O. The summed E-state index contributed by atoms with van der Waals surface area (Å²) in [5.41, 5.74) is 2.86. The Morgan fingerprint density at radius 3 is 2.52 bits per heavy atom. The van der Waals surface area contributed by atoms with Crippen LogP contribution in [0.2, 0.25) is 0 Å². The molecule has 4 rings (SSSR count). The number of aromatic nitrogens is 4. The van der Waals surface area contributed by atoms with Crippen molar-refractivity contribution in [2.45, 2.75) is 39.7 Å². The molecule has 8 heteroatoms. The molecule has 0 bridgehead atoms. The first-order valence-corrected chi connectivity index (χ1v) is 10.6. The van der Waals surface area contributed by atoms with Gasteiger partial charge in [0.25, 0.3) is 0 Å². The van der Waals surface area contributed by atoms with Crippen molar-refractivity contribution in [2.24, 2.45) is 5.92 Å². The Hall–Kier alpha value is -3.29. The molecule has 1 aliphatic heterocycles. The number of nitrogens with one attached hydrogen (secondary N) is 1. The summed E-state index contributed by atoms with van der Waals surface area (Å²) in [5, 5.41) is 7.55. The minimum Gasteiger partial charge on any atom is -0.349 e. The number of nitrogens with zero attached hydrogens (tertiary/aromatic N) is 5. The standard InChI is InChI=1S/C23H27FN6O/c1-15-14-16(2)30(28-15)21-8-11-25-23(27-21)29-12-9-19(10-13-29)22(31)26-17(3)18-4-6-20(24)7-5-18/h4-8,11,14,17,19H,9-10,12-13H2,1-3H3,(H,26,31). The molecule has 1 saturated heterocycles. The molecule has 2 aromatic heterocycles. The second-order valence-corrected chi connectivity index (χ2v) is 8.10. The number of aryl methyl sites for hydroxylation is 2. The fourth-order valence-electron chi connectivity index (χ4n) is 3.98. The van der Waals surface area contributed by atoms with E-state index in [9.17, 15) is 9.18 Å². The van der Waals surface area contributed by atoms with Gasteiger partial charge in [-0.3, -0.25) is 4.79 Å². The Kier molecular flexibility index (Phi) is 5.97. The lowest BCUT2D eigenvalue weighted by Gasteiger charge is -2.32. The van der Waals surface area contributed by atoms with Crippen LogP contribution in [0.4, 0.5) is 10.3 Å². The molecule has 162 valence electrons. The van der Waals surface area contributed by atoms with Crippen LogP contribution in [0, 0.1) is 25.6 Å². The van der Waals surface area contributed by atoms with Crippen molar-refractivity contribution < 1.29 is 9.18 Å². The highest BCUT2D eigenvalue weighted by atomic mass is 19.1. The van der Waals surface area contributed by atoms with Gasteiger partial charge in [-0.05, 0) is 57.4 Å². The summed E-state index contributed by atoms with van der Waals surface area (Å²) in [7, 11) is 0. The molecule has 1 aromatic carbocycles. The highest BCUT2D eigenvalue weighted by Gasteiger charge is 2.27. The van der Waals surface area contributed by atoms with Gasteiger partial charge in [-0.25, -0.2) is 14.1 Å². The van der Waals surface area contributed by atoms with E-state index in [0.29, 0.717) is 19.0 Å². The Morgan fingerprint density at radius 2 is 1.87 bits per heavy atom. The summed E-state index contributed by atoms with van der Waals surface area (Å²) in [6.07, 6.45) is 3.21. The van der Waals surface area contributed by atoms with Crippen molar-refractivity contribution in [3.8, 4) is 5.82 Å². The molecule has 0 radical (unpaired) electrons. The molecular weight excluding hydrogens is 395 g/mol. The van der Waals surface area contributed by atoms with Crippen LogP contribution in [0.25, 0.3) is 5.82 Å². The lowest BCUT2D eigenvalue weighted by molar-refractivity contribution is -0.126. The largest absolute Gasteiger partial charge is 0.349 e. The minimum atomic E-state index is -0.279. The smallest absolute Gasteiger partial charge is 0.227 e. The highest BCUT2D eigenvalue weighted by Crippen LogP contribution is 2.23. The average Bonchev–Trinajstić information content (AvgIpc) is 3.12. The van der Waals surface area contributed by atoms with Crippen molar-refractivity contribution in [3.05, 3.63) is 65.4 Å². The van der Waals surface area contributed by atoms with E-state index in [0.717, 1.165) is 35.6 Å². The third-order valence-electron chi connectivity index (χ3n) is 5.73. The molecule has 3 aromatic rings. The van der Waals surface area contributed by atoms with Crippen molar-refractivity contribution in [2.75, 3.05) is 18.0 Å². The van der Waals surface area contributed by atoms with Crippen LogP contribution in [-0.2, 0) is 4.79 Å². The maximum absolute atomic E-state index is 13.1. The van der Waals surface area contributed by atoms with Crippen LogP contribution >= 0.6 is 0 Å². The van der Waals surface area contributed by atoms with E-state index in [1.54, 1.807) is 18.3 Å². The molecule has 0 saturated carbocycles. The Labute approximate surface area is 181 Å². The summed E-state index contributed by atoms with van der Waals surface area (Å²) >= 11 is 0. The molecule has 1 atom stereocenters. The zero-order valence-corrected chi connectivity index (χ0v) is 18.0. The number of rotatable bonds is 5. The van der Waals surface area contributed by atoms with E-state index < -0.39 is 0 Å². The number of carbonyl (C=O) groups excluding carboxylic acids is 1. The first kappa shape index (κ1) is 21.0. The number of benzene rings is 1. The zero-order chi connectivity index (χ0) is 22.0. The number of amides is 1. The van der Waals surface area contributed by atoms with Crippen LogP contribution < -0.4 is 10.2 Å². The van der Waals surface area contributed by atoms with Crippen LogP contribution in [0.5, 0.6) is 0 Å². The molecule has 1 amide bonds. The first-order valence-electron chi connectivity index (χ1n) is 10.6. The molecule has 1 unspecified atom stereocenters. The van der Waals surface area contributed by atoms with Gasteiger partial charge < -0.3 is 10.2 Å². The second-order valence-electron chi connectivity index (χ2n) is 8.10. The van der Waals surface area contributed by atoms with Crippen LogP contribution in [-0.4, -0.2) is 38.7 Å². The summed E-state index contributed by atoms with van der Waals surface area (Å²) < 4.78 is 14.9. The fraction of sp³-hybridized carbons (Fsp3) is 0.391. The molecule has 0 aliphatic carbocycles. The van der Waals surface area contributed by atoms with Gasteiger partial charge in [0.2, 0.25) is 11.9 Å². The molecule has 7 nitrogen and oxygen atoms in total. The van der Waals surface area contributed by atoms with Gasteiger partial charge in [-0.15, -0.1) is 0 Å². The van der Waals surface area contributed by atoms with Crippen molar-refractivity contribution >= 4 is 11.9 Å². The monoisotopic (exact) mass is 422 g/mol. The fourth-order valence-corrected chi connectivity index (χ4v) is 3.98. The SMILES string of the molecule is Cc1cc(C)n(-c2ccnc(N3CCC(C(=O)NC(C)c4ccc(F)cc4)CC3)n2)n1. The Morgan fingerprint density at radius 1 is 1.16 bits per heavy atom. The maximum atomic E-state index is 13.1. The van der Waals surface area contributed by atoms with E-state index in [-0.39, 0.29) is 23.7 Å². The third kappa shape index (κ3) is 4.73. The molecule has 1 fully saturated rings. The third-order valence-corrected chi connectivity index (χ3v) is 5.73. The van der Waals surface area contributed by atoms with Crippen molar-refractivity contribution in [3.63, 3.8) is 0 Å².